The second-order valence-corrected chi connectivity index (χ2v) is 4.64. The molecule has 6 heteroatoms. The first-order chi connectivity index (χ1) is 9.57. The number of hydrogen-bond acceptors (Lipinski definition) is 4. The molecule has 2 N–H and O–H groups in total. The van der Waals surface area contributed by atoms with Gasteiger partial charge in [0, 0.05) is 24.7 Å². The van der Waals surface area contributed by atoms with Gasteiger partial charge in [0.15, 0.2) is 5.54 Å². The predicted octanol–water partition coefficient (Wildman–Crippen LogP) is 1.73. The lowest BCUT2D eigenvalue weighted by atomic mass is 9.93. The van der Waals surface area contributed by atoms with Gasteiger partial charge >= 0.3 is 6.03 Å². The molecule has 6 nitrogen and oxygen atoms in total. The number of amides is 3. The second kappa shape index (κ2) is 5.48. The maximum Gasteiger partial charge on any atom is 0.322 e. The summed E-state index contributed by atoms with van der Waals surface area (Å²) in [4.78, 5) is 27.7. The van der Waals surface area contributed by atoms with Crippen molar-refractivity contribution in [1.29, 1.82) is 0 Å². The van der Waals surface area contributed by atoms with Crippen LogP contribution in [-0.2, 0) is 16.8 Å². The maximum atomic E-state index is 12.1. The Hall–Kier alpha value is -2.11. The van der Waals surface area contributed by atoms with Gasteiger partial charge < -0.3 is 9.73 Å². The average molecular weight is 277 g/mol. The molecule has 0 aromatic carbocycles. The number of nitrogens with one attached hydrogen (secondary N) is 2. The van der Waals surface area contributed by atoms with Crippen LogP contribution in [0.25, 0.3) is 0 Å². The Kier molecular flexibility index (Phi) is 3.92. The molecule has 0 saturated carbocycles. The number of hydrogen-bond donors (Lipinski definition) is 2. The first-order valence-electron chi connectivity index (χ1n) is 6.84. The summed E-state index contributed by atoms with van der Waals surface area (Å²) in [6.45, 7) is 6.43. The fourth-order valence-corrected chi connectivity index (χ4v) is 2.32. The lowest BCUT2D eigenvalue weighted by Crippen LogP contribution is -2.42. The Labute approximate surface area is 117 Å². The zero-order chi connectivity index (χ0) is 14.8. The van der Waals surface area contributed by atoms with Crippen molar-refractivity contribution in [2.75, 3.05) is 6.54 Å². The summed E-state index contributed by atoms with van der Waals surface area (Å²) in [5.74, 6) is 0.845. The van der Waals surface area contributed by atoms with E-state index in [0.717, 1.165) is 11.3 Å². The van der Waals surface area contributed by atoms with Gasteiger partial charge in [-0.1, -0.05) is 13.8 Å². The monoisotopic (exact) mass is 277 g/mol. The number of nitrogens with zero attached hydrogens (tertiary/aromatic N) is 1. The highest BCUT2D eigenvalue weighted by molar-refractivity contribution is 6.07. The normalized spacial score (nSPS) is 22.4. The summed E-state index contributed by atoms with van der Waals surface area (Å²) in [5, 5.41) is 4.93. The Morgan fingerprint density at radius 1 is 1.35 bits per heavy atom. The second-order valence-electron chi connectivity index (χ2n) is 4.64. The lowest BCUT2D eigenvalue weighted by Gasteiger charge is -2.21. The van der Waals surface area contributed by atoms with Crippen molar-refractivity contribution in [3.63, 3.8) is 0 Å². The highest BCUT2D eigenvalue weighted by Crippen LogP contribution is 2.31. The summed E-state index contributed by atoms with van der Waals surface area (Å²) in [5.41, 5.74) is -0.259. The Morgan fingerprint density at radius 2 is 2.10 bits per heavy atom. The first kappa shape index (κ1) is 14.3. The van der Waals surface area contributed by atoms with Crippen LogP contribution in [0.2, 0.25) is 0 Å². The van der Waals surface area contributed by atoms with Crippen LogP contribution in [0.1, 0.15) is 44.3 Å². The fraction of sp³-hybridized carbons (Fsp3) is 0.500. The van der Waals surface area contributed by atoms with Gasteiger partial charge in [-0.25, -0.2) is 4.79 Å². The number of carbonyl (C=O) groups is 2. The zero-order valence-electron chi connectivity index (χ0n) is 11.9. The third-order valence-corrected chi connectivity index (χ3v) is 3.47. The molecule has 1 aromatic rings. The summed E-state index contributed by atoms with van der Waals surface area (Å²) < 4.78 is 5.79. The number of aryl methyl sites for hydroxylation is 1. The molecule has 1 aliphatic rings. The molecule has 0 aliphatic carbocycles. The molecule has 108 valence electrons. The van der Waals surface area contributed by atoms with E-state index in [2.05, 4.69) is 15.6 Å². The lowest BCUT2D eigenvalue weighted by molar-refractivity contribution is -0.125. The van der Waals surface area contributed by atoms with E-state index in [0.29, 0.717) is 25.1 Å². The molecule has 1 aliphatic heterocycles. The Balaban J connectivity index is 2.46. The van der Waals surface area contributed by atoms with E-state index < -0.39 is 11.6 Å². The van der Waals surface area contributed by atoms with Crippen LogP contribution in [0, 0.1) is 0 Å². The molecule has 1 fully saturated rings. The third-order valence-electron chi connectivity index (χ3n) is 3.47. The van der Waals surface area contributed by atoms with Crippen LogP contribution in [0.15, 0.2) is 15.5 Å². The molecule has 0 radical (unpaired) electrons. The van der Waals surface area contributed by atoms with Gasteiger partial charge in [-0.2, -0.15) is 0 Å². The maximum absolute atomic E-state index is 12.1. The molecule has 1 aromatic heterocycles. The number of imide groups is 1. The molecule has 1 saturated heterocycles. The highest BCUT2D eigenvalue weighted by Gasteiger charge is 2.49. The standard InChI is InChI=1S/C14H19N3O3/c1-4-10-9(8-15-6-3)7-11(20-10)14(5-2)12(18)16-13(19)17-14/h7-8H,4-6H2,1-3H3,(H2,16,17,18,19). The quantitative estimate of drug-likeness (QED) is 0.635. The number of rotatable bonds is 5. The van der Waals surface area contributed by atoms with Crippen LogP contribution in [0.4, 0.5) is 4.79 Å². The van der Waals surface area contributed by atoms with Gasteiger partial charge in [0.1, 0.15) is 11.5 Å². The molecule has 1 unspecified atom stereocenters. The summed E-state index contributed by atoms with van der Waals surface area (Å²) >= 11 is 0. The largest absolute Gasteiger partial charge is 0.462 e. The summed E-state index contributed by atoms with van der Waals surface area (Å²) in [7, 11) is 0. The number of urea groups is 1. The molecular formula is C14H19N3O3. The smallest absolute Gasteiger partial charge is 0.322 e. The van der Waals surface area contributed by atoms with Crippen molar-refractivity contribution in [1.82, 2.24) is 10.6 Å². The molecule has 2 heterocycles. The third kappa shape index (κ3) is 2.21. The van der Waals surface area contributed by atoms with Gasteiger partial charge in [0.25, 0.3) is 5.91 Å². The van der Waals surface area contributed by atoms with Gasteiger partial charge in [-0.15, -0.1) is 0 Å². The van der Waals surface area contributed by atoms with Crippen LogP contribution in [0.3, 0.4) is 0 Å². The van der Waals surface area contributed by atoms with Crippen LogP contribution in [-0.4, -0.2) is 24.7 Å². The Morgan fingerprint density at radius 3 is 2.60 bits per heavy atom. The molecule has 0 spiro atoms. The van der Waals surface area contributed by atoms with E-state index in [1.807, 2.05) is 20.8 Å². The van der Waals surface area contributed by atoms with Crippen LogP contribution < -0.4 is 10.6 Å². The zero-order valence-corrected chi connectivity index (χ0v) is 11.9. The number of carbonyl (C=O) groups excluding carboxylic acids is 2. The minimum Gasteiger partial charge on any atom is -0.462 e. The number of furan rings is 1. The van der Waals surface area contributed by atoms with Gasteiger partial charge in [-0.05, 0) is 19.4 Å². The van der Waals surface area contributed by atoms with Crippen molar-refractivity contribution >= 4 is 18.2 Å². The van der Waals surface area contributed by atoms with E-state index in [4.69, 9.17) is 4.42 Å². The predicted molar refractivity (Wildman–Crippen MR) is 74.9 cm³/mol. The molecule has 1 atom stereocenters. The first-order valence-corrected chi connectivity index (χ1v) is 6.84. The van der Waals surface area contributed by atoms with Crippen molar-refractivity contribution in [2.24, 2.45) is 4.99 Å². The van der Waals surface area contributed by atoms with Crippen molar-refractivity contribution in [3.8, 4) is 0 Å². The molecule has 3 amide bonds. The van der Waals surface area contributed by atoms with Crippen molar-refractivity contribution in [2.45, 2.75) is 39.2 Å². The highest BCUT2D eigenvalue weighted by atomic mass is 16.3. The van der Waals surface area contributed by atoms with Gasteiger partial charge in [0.05, 0.1) is 0 Å². The molecule has 20 heavy (non-hydrogen) atoms. The molecule has 2 rings (SSSR count). The minimum absolute atomic E-state index is 0.375. The number of aliphatic imine (C=N–C) groups is 1. The van der Waals surface area contributed by atoms with E-state index in [1.54, 1.807) is 12.3 Å². The topological polar surface area (TPSA) is 83.7 Å². The van der Waals surface area contributed by atoms with E-state index >= 15 is 0 Å². The van der Waals surface area contributed by atoms with E-state index in [9.17, 15) is 9.59 Å². The van der Waals surface area contributed by atoms with Crippen molar-refractivity contribution < 1.29 is 14.0 Å². The molecular weight excluding hydrogens is 258 g/mol. The Bertz CT molecular complexity index is 562. The van der Waals surface area contributed by atoms with Crippen molar-refractivity contribution in [3.05, 3.63) is 23.2 Å². The average Bonchev–Trinajstić information content (AvgIpc) is 2.97. The summed E-state index contributed by atoms with van der Waals surface area (Å²) in [6.07, 6.45) is 2.86. The summed E-state index contributed by atoms with van der Waals surface area (Å²) in [6, 6.07) is 1.29. The van der Waals surface area contributed by atoms with Gasteiger partial charge in [-0.3, -0.25) is 15.1 Å². The van der Waals surface area contributed by atoms with Gasteiger partial charge in [0.2, 0.25) is 0 Å². The SMILES string of the molecule is CCN=Cc1cc(C2(CC)NC(=O)NC2=O)oc1CC. The van der Waals surface area contributed by atoms with Crippen LogP contribution in [0.5, 0.6) is 0 Å². The molecule has 0 bridgehead atoms. The van der Waals surface area contributed by atoms with E-state index in [1.165, 1.54) is 0 Å². The fourth-order valence-electron chi connectivity index (χ4n) is 2.32. The van der Waals surface area contributed by atoms with E-state index in [-0.39, 0.29) is 5.91 Å². The minimum atomic E-state index is -1.11. The van der Waals surface area contributed by atoms with Crippen LogP contribution >= 0.6 is 0 Å².